The van der Waals surface area contributed by atoms with Gasteiger partial charge in [-0.05, 0) is 71.9 Å². The van der Waals surface area contributed by atoms with E-state index < -0.39 is 6.09 Å². The van der Waals surface area contributed by atoms with Crippen LogP contribution >= 0.6 is 0 Å². The zero-order chi connectivity index (χ0) is 27.9. The van der Waals surface area contributed by atoms with E-state index in [2.05, 4.69) is 73.7 Å². The number of imidazole rings is 1. The van der Waals surface area contributed by atoms with Crippen molar-refractivity contribution in [3.8, 4) is 0 Å². The number of hydrogen-bond donors (Lipinski definition) is 1. The number of nitrogens with zero attached hydrogens (tertiary/aromatic N) is 3. The molecule has 3 saturated heterocycles. The van der Waals surface area contributed by atoms with E-state index in [9.17, 15) is 4.79 Å². The summed E-state index contributed by atoms with van der Waals surface area (Å²) >= 11 is 0. The fourth-order valence-electron chi connectivity index (χ4n) is 7.06. The lowest BCUT2D eigenvalue weighted by atomic mass is 9.68. The summed E-state index contributed by atoms with van der Waals surface area (Å²) in [6.07, 6.45) is 8.82. The number of rotatable bonds is 10. The zero-order valence-electron chi connectivity index (χ0n) is 24.8. The molecule has 1 aromatic heterocycles. The third-order valence-corrected chi connectivity index (χ3v) is 9.37. The van der Waals surface area contributed by atoms with Gasteiger partial charge in [0.25, 0.3) is 0 Å². The minimum absolute atomic E-state index is 0.00309. The average Bonchev–Trinajstić information content (AvgIpc) is 3.66. The summed E-state index contributed by atoms with van der Waals surface area (Å²) in [5, 5.41) is 3.11. The van der Waals surface area contributed by atoms with Crippen LogP contribution in [0.15, 0.2) is 24.2 Å². The average molecular weight is 545 g/mol. The first-order chi connectivity index (χ1) is 18.5. The van der Waals surface area contributed by atoms with E-state index in [0.29, 0.717) is 18.9 Å². The van der Waals surface area contributed by atoms with Crippen molar-refractivity contribution in [3.63, 3.8) is 0 Å². The first-order valence-electron chi connectivity index (χ1n) is 14.7. The molecule has 0 aromatic carbocycles. The predicted octanol–water partition coefficient (Wildman–Crippen LogP) is 4.33. The van der Waals surface area contributed by atoms with E-state index in [0.717, 1.165) is 38.2 Å². The van der Waals surface area contributed by atoms with Crippen molar-refractivity contribution in [1.82, 2.24) is 19.8 Å². The van der Waals surface area contributed by atoms with Crippen molar-refractivity contribution in [3.05, 3.63) is 29.9 Å². The third kappa shape index (κ3) is 6.06. The minimum atomic E-state index is -0.429. The van der Waals surface area contributed by atoms with Crippen molar-refractivity contribution in [2.45, 2.75) is 102 Å². The van der Waals surface area contributed by atoms with Crippen LogP contribution in [0, 0.1) is 17.8 Å². The number of nitrogens with one attached hydrogen (secondary N) is 1. The molecule has 218 valence electrons. The summed E-state index contributed by atoms with van der Waals surface area (Å²) in [4.78, 5) is 20.3. The number of carbonyl (C=O) groups excluding carboxylic acids is 1. The molecule has 3 aliphatic heterocycles. The van der Waals surface area contributed by atoms with Crippen LogP contribution in [0.1, 0.15) is 72.0 Å². The van der Waals surface area contributed by atoms with E-state index in [-0.39, 0.29) is 47.4 Å². The number of hydrogen-bond acceptors (Lipinski definition) is 7. The second kappa shape index (κ2) is 11.1. The van der Waals surface area contributed by atoms with Gasteiger partial charge in [-0.25, -0.2) is 9.78 Å². The Labute approximate surface area is 233 Å². The maximum atomic E-state index is 13.3. The number of likely N-dealkylation sites (tertiary alicyclic amines) is 1. The lowest BCUT2D eigenvalue weighted by Gasteiger charge is -2.42. The molecule has 9 nitrogen and oxygen atoms in total. The molecule has 39 heavy (non-hydrogen) atoms. The van der Waals surface area contributed by atoms with E-state index in [1.54, 1.807) is 7.11 Å². The van der Waals surface area contributed by atoms with E-state index in [4.69, 9.17) is 18.9 Å². The number of carbonyl (C=O) groups is 1. The van der Waals surface area contributed by atoms with Gasteiger partial charge in [0.2, 0.25) is 0 Å². The first-order valence-corrected chi connectivity index (χ1v) is 14.7. The molecule has 1 aliphatic carbocycles. The quantitative estimate of drug-likeness (QED) is 0.346. The van der Waals surface area contributed by atoms with Gasteiger partial charge in [0.1, 0.15) is 23.4 Å². The SMILES string of the molecule is CO[C@H]1C([C@@]2(C)O[C@@H]2CC=C(C)C)[C@]2(CC[C@H]1OC(=O)NC(c1cn(C[C@H]3CCN(C)C3)cn1)C(C)C)CO2. The Morgan fingerprint density at radius 3 is 2.72 bits per heavy atom. The molecule has 1 amide bonds. The van der Waals surface area contributed by atoms with Crippen molar-refractivity contribution in [1.29, 1.82) is 0 Å². The molecule has 1 aromatic rings. The lowest BCUT2D eigenvalue weighted by Crippen LogP contribution is -2.56. The largest absolute Gasteiger partial charge is 0.443 e. The summed E-state index contributed by atoms with van der Waals surface area (Å²) in [6.45, 7) is 14.5. The maximum Gasteiger partial charge on any atom is 0.408 e. The number of allylic oxidation sites excluding steroid dienone is 1. The van der Waals surface area contributed by atoms with Gasteiger partial charge < -0.3 is 33.7 Å². The number of aromatic nitrogens is 2. The summed E-state index contributed by atoms with van der Waals surface area (Å²) in [7, 11) is 3.88. The molecule has 4 fully saturated rings. The standard InChI is InChI=1S/C30H48N4O5/c1-19(2)8-9-24-29(5,39-24)27-26(36-7)23(10-12-30(27)17-37-30)38-28(35)32-25(20(3)4)22-16-34(18-31-22)15-21-11-13-33(6)14-21/h8,16,18,20-21,23-27H,9-15,17H2,1-7H3,(H,32,35)/t21-,23+,24+,25?,26+,27?,29-,30-/m0/s1. The molecule has 8 atom stereocenters. The second-order valence-electron chi connectivity index (χ2n) is 13.1. The van der Waals surface area contributed by atoms with Gasteiger partial charge in [-0.1, -0.05) is 25.5 Å². The smallest absolute Gasteiger partial charge is 0.408 e. The number of methoxy groups -OCH3 is 1. The van der Waals surface area contributed by atoms with E-state index in [1.807, 2.05) is 6.33 Å². The molecular formula is C30H48N4O5. The zero-order valence-corrected chi connectivity index (χ0v) is 24.8. The van der Waals surface area contributed by atoms with Crippen molar-refractivity contribution < 1.29 is 23.7 Å². The third-order valence-electron chi connectivity index (χ3n) is 9.37. The number of amides is 1. The van der Waals surface area contributed by atoms with Crippen molar-refractivity contribution >= 4 is 6.09 Å². The highest BCUT2D eigenvalue weighted by molar-refractivity contribution is 5.68. The molecule has 4 aliphatic rings. The van der Waals surface area contributed by atoms with E-state index in [1.165, 1.54) is 12.0 Å². The van der Waals surface area contributed by atoms with Gasteiger partial charge in [-0.3, -0.25) is 0 Å². The Morgan fingerprint density at radius 1 is 1.33 bits per heavy atom. The maximum absolute atomic E-state index is 13.3. The molecule has 9 heteroatoms. The normalized spacial score (nSPS) is 36.7. The molecular weight excluding hydrogens is 496 g/mol. The molecule has 0 radical (unpaired) electrons. The highest BCUT2D eigenvalue weighted by atomic mass is 16.6. The highest BCUT2D eigenvalue weighted by Gasteiger charge is 2.72. The van der Waals surface area contributed by atoms with Crippen LogP contribution in [0.4, 0.5) is 4.79 Å². The van der Waals surface area contributed by atoms with Gasteiger partial charge in [0.05, 0.1) is 36.7 Å². The Bertz CT molecular complexity index is 1050. The number of epoxide rings is 2. The lowest BCUT2D eigenvalue weighted by molar-refractivity contribution is -0.118. The van der Waals surface area contributed by atoms with E-state index >= 15 is 0 Å². The van der Waals surface area contributed by atoms with Crippen molar-refractivity contribution in [2.75, 3.05) is 33.9 Å². The van der Waals surface area contributed by atoms with Crippen LogP contribution in [0.3, 0.4) is 0 Å². The molecule has 0 bridgehead atoms. The number of alkyl carbamates (subject to hydrolysis) is 1. The second-order valence-corrected chi connectivity index (χ2v) is 13.1. The van der Waals surface area contributed by atoms with Crippen LogP contribution in [0.2, 0.25) is 0 Å². The highest BCUT2D eigenvalue weighted by Crippen LogP contribution is 2.59. The molecule has 4 heterocycles. The molecule has 1 saturated carbocycles. The molecule has 1 spiro atoms. The monoisotopic (exact) mass is 544 g/mol. The molecule has 1 N–H and O–H groups in total. The summed E-state index contributed by atoms with van der Waals surface area (Å²) in [6, 6.07) is -0.235. The Hall–Kier alpha value is -1.94. The van der Waals surface area contributed by atoms with Crippen LogP contribution in [0.5, 0.6) is 0 Å². The Morgan fingerprint density at radius 2 is 2.10 bits per heavy atom. The fraction of sp³-hybridized carbons (Fsp3) is 0.800. The fourth-order valence-corrected chi connectivity index (χ4v) is 7.06. The summed E-state index contributed by atoms with van der Waals surface area (Å²) < 4.78 is 26.6. The van der Waals surface area contributed by atoms with Gasteiger partial charge >= 0.3 is 6.09 Å². The van der Waals surface area contributed by atoms with Crippen LogP contribution in [0.25, 0.3) is 0 Å². The van der Waals surface area contributed by atoms with Crippen LogP contribution in [-0.2, 0) is 25.5 Å². The summed E-state index contributed by atoms with van der Waals surface area (Å²) in [5.41, 5.74) is 1.55. The van der Waals surface area contributed by atoms with Crippen molar-refractivity contribution in [2.24, 2.45) is 17.8 Å². The Kier molecular flexibility index (Phi) is 8.17. The van der Waals surface area contributed by atoms with Gasteiger partial charge in [-0.15, -0.1) is 0 Å². The van der Waals surface area contributed by atoms with Gasteiger partial charge in [0, 0.05) is 26.4 Å². The Balaban J connectivity index is 1.23. The van der Waals surface area contributed by atoms with Crippen LogP contribution < -0.4 is 5.32 Å². The predicted molar refractivity (Wildman–Crippen MR) is 148 cm³/mol. The molecule has 2 unspecified atom stereocenters. The van der Waals surface area contributed by atoms with Gasteiger partial charge in [0.15, 0.2) is 0 Å². The number of ether oxygens (including phenoxy) is 4. The first kappa shape index (κ1) is 28.6. The summed E-state index contributed by atoms with van der Waals surface area (Å²) in [5.74, 6) is 0.798. The minimum Gasteiger partial charge on any atom is -0.443 e. The van der Waals surface area contributed by atoms with Gasteiger partial charge in [-0.2, -0.15) is 0 Å². The molecule has 5 rings (SSSR count). The van der Waals surface area contributed by atoms with Crippen LogP contribution in [-0.4, -0.2) is 83.9 Å². The topological polar surface area (TPSA) is 93.7 Å².